The quantitative estimate of drug-likeness (QED) is 0.498. The van der Waals surface area contributed by atoms with Gasteiger partial charge >= 0.3 is 12.1 Å². The van der Waals surface area contributed by atoms with Crippen molar-refractivity contribution in [1.29, 1.82) is 0 Å². The molecule has 0 rings (SSSR count). The summed E-state index contributed by atoms with van der Waals surface area (Å²) in [6.07, 6.45) is -4.47. The topological polar surface area (TPSA) is 84.5 Å². The van der Waals surface area contributed by atoms with E-state index in [0.29, 0.717) is 0 Å². The van der Waals surface area contributed by atoms with E-state index in [1.54, 1.807) is 6.92 Å². The van der Waals surface area contributed by atoms with E-state index in [1.165, 1.54) is 4.72 Å². The van der Waals surface area contributed by atoms with Gasteiger partial charge in [0, 0.05) is 13.0 Å². The third-order valence-electron chi connectivity index (χ3n) is 1.62. The van der Waals surface area contributed by atoms with Crippen molar-refractivity contribution in [2.24, 2.45) is 0 Å². The van der Waals surface area contributed by atoms with E-state index in [-0.39, 0.29) is 26.0 Å². The van der Waals surface area contributed by atoms with Crippen molar-refractivity contribution in [2.45, 2.75) is 25.9 Å². The third-order valence-corrected chi connectivity index (χ3v) is 2.73. The zero-order valence-corrected chi connectivity index (χ0v) is 10.5. The van der Waals surface area contributed by atoms with Crippen LogP contribution < -0.4 is 9.44 Å². The van der Waals surface area contributed by atoms with Crippen LogP contribution in [0.15, 0.2) is 0 Å². The smallest absolute Gasteiger partial charge is 0.402 e. The maximum Gasteiger partial charge on any atom is 0.402 e. The van der Waals surface area contributed by atoms with Crippen LogP contribution in [0.4, 0.5) is 13.2 Å². The molecular formula is C8H15F3N2O4S. The number of ether oxygens (including phenoxy) is 1. The summed E-state index contributed by atoms with van der Waals surface area (Å²) >= 11 is 0. The third kappa shape index (κ3) is 10.3. The average molecular weight is 292 g/mol. The highest BCUT2D eigenvalue weighted by Crippen LogP contribution is 2.12. The van der Waals surface area contributed by atoms with Gasteiger partial charge in [0.1, 0.15) is 6.54 Å². The van der Waals surface area contributed by atoms with Gasteiger partial charge in [-0.3, -0.25) is 4.79 Å². The first kappa shape index (κ1) is 17.1. The number of hydrogen-bond donors (Lipinski definition) is 2. The Labute approximate surface area is 103 Å². The molecule has 0 atom stereocenters. The SMILES string of the molecule is CCOC(=O)CCCNS(=O)(=O)NCC(F)(F)F. The first-order valence-corrected chi connectivity index (χ1v) is 6.61. The summed E-state index contributed by atoms with van der Waals surface area (Å²) in [7, 11) is -4.20. The zero-order valence-electron chi connectivity index (χ0n) is 9.71. The van der Waals surface area contributed by atoms with Crippen LogP contribution in [0.25, 0.3) is 0 Å². The number of esters is 1. The minimum Gasteiger partial charge on any atom is -0.466 e. The van der Waals surface area contributed by atoms with Crippen LogP contribution in [-0.4, -0.2) is 40.3 Å². The Kier molecular flexibility index (Phi) is 7.18. The summed E-state index contributed by atoms with van der Waals surface area (Å²) in [4.78, 5) is 10.9. The lowest BCUT2D eigenvalue weighted by Crippen LogP contribution is -2.41. The molecule has 0 fully saturated rings. The first-order chi connectivity index (χ1) is 8.16. The molecule has 0 unspecified atom stereocenters. The molecule has 0 aliphatic heterocycles. The van der Waals surface area contributed by atoms with Gasteiger partial charge in [-0.2, -0.15) is 26.3 Å². The molecule has 0 heterocycles. The van der Waals surface area contributed by atoms with Crippen molar-refractivity contribution >= 4 is 16.2 Å². The summed E-state index contributed by atoms with van der Waals surface area (Å²) in [6.45, 7) is 0.0611. The average Bonchev–Trinajstić information content (AvgIpc) is 2.22. The van der Waals surface area contributed by atoms with Gasteiger partial charge in [-0.1, -0.05) is 0 Å². The summed E-state index contributed by atoms with van der Waals surface area (Å²) < 4.78 is 65.1. The molecule has 0 saturated carbocycles. The van der Waals surface area contributed by atoms with E-state index in [1.807, 2.05) is 4.72 Å². The van der Waals surface area contributed by atoms with Crippen LogP contribution in [0.1, 0.15) is 19.8 Å². The lowest BCUT2D eigenvalue weighted by atomic mass is 10.3. The monoisotopic (exact) mass is 292 g/mol. The first-order valence-electron chi connectivity index (χ1n) is 5.13. The normalized spacial score (nSPS) is 12.4. The van der Waals surface area contributed by atoms with Gasteiger partial charge in [0.05, 0.1) is 6.61 Å². The number of nitrogens with one attached hydrogen (secondary N) is 2. The summed E-state index contributed by atoms with van der Waals surface area (Å²) in [5.41, 5.74) is 0. The molecule has 0 bridgehead atoms. The van der Waals surface area contributed by atoms with Crippen molar-refractivity contribution in [1.82, 2.24) is 9.44 Å². The Hall–Kier alpha value is -0.870. The fourth-order valence-corrected chi connectivity index (χ4v) is 1.77. The Bertz CT molecular complexity index is 356. The summed E-state index contributed by atoms with van der Waals surface area (Å²) in [5.74, 6) is -0.486. The maximum atomic E-state index is 11.7. The maximum absolute atomic E-state index is 11.7. The van der Waals surface area contributed by atoms with Crippen molar-refractivity contribution in [3.05, 3.63) is 0 Å². The predicted molar refractivity (Wildman–Crippen MR) is 56.8 cm³/mol. The van der Waals surface area contributed by atoms with Gasteiger partial charge < -0.3 is 4.74 Å². The number of halogens is 3. The van der Waals surface area contributed by atoms with E-state index in [0.717, 1.165) is 0 Å². The highest BCUT2D eigenvalue weighted by molar-refractivity contribution is 7.87. The lowest BCUT2D eigenvalue weighted by molar-refractivity contribution is -0.143. The van der Waals surface area contributed by atoms with Crippen molar-refractivity contribution in [3.63, 3.8) is 0 Å². The van der Waals surface area contributed by atoms with Crippen LogP contribution in [0, 0.1) is 0 Å². The molecule has 6 nitrogen and oxygen atoms in total. The van der Waals surface area contributed by atoms with E-state index in [4.69, 9.17) is 0 Å². The Morgan fingerprint density at radius 3 is 2.39 bits per heavy atom. The Morgan fingerprint density at radius 2 is 1.89 bits per heavy atom. The van der Waals surface area contributed by atoms with Crippen molar-refractivity contribution in [3.8, 4) is 0 Å². The number of carbonyl (C=O) groups is 1. The fraction of sp³-hybridized carbons (Fsp3) is 0.875. The fourth-order valence-electron chi connectivity index (χ4n) is 0.900. The van der Waals surface area contributed by atoms with E-state index >= 15 is 0 Å². The number of carbonyl (C=O) groups excluding carboxylic acids is 1. The molecule has 10 heteroatoms. The lowest BCUT2D eigenvalue weighted by Gasteiger charge is -2.10. The molecule has 0 aliphatic carbocycles. The molecule has 2 N–H and O–H groups in total. The van der Waals surface area contributed by atoms with Crippen molar-refractivity contribution < 1.29 is 31.1 Å². The van der Waals surface area contributed by atoms with E-state index < -0.39 is 28.9 Å². The molecule has 0 aliphatic rings. The summed E-state index contributed by atoms with van der Waals surface area (Å²) in [5, 5.41) is 0. The van der Waals surface area contributed by atoms with E-state index in [2.05, 4.69) is 4.74 Å². The van der Waals surface area contributed by atoms with Gasteiger partial charge in [0.15, 0.2) is 0 Å². The van der Waals surface area contributed by atoms with E-state index in [9.17, 15) is 26.4 Å². The molecule has 0 aromatic heterocycles. The second kappa shape index (κ2) is 7.54. The molecule has 18 heavy (non-hydrogen) atoms. The molecule has 0 aromatic rings. The highest BCUT2D eigenvalue weighted by Gasteiger charge is 2.29. The molecular weight excluding hydrogens is 277 g/mol. The Morgan fingerprint density at radius 1 is 1.28 bits per heavy atom. The van der Waals surface area contributed by atoms with Crippen molar-refractivity contribution in [2.75, 3.05) is 19.7 Å². The van der Waals surface area contributed by atoms with Crippen LogP contribution in [-0.2, 0) is 19.7 Å². The second-order valence-electron chi connectivity index (χ2n) is 3.24. The molecule has 0 aromatic carbocycles. The summed E-state index contributed by atoms with van der Waals surface area (Å²) in [6, 6.07) is 0. The molecule has 0 saturated heterocycles. The number of hydrogen-bond acceptors (Lipinski definition) is 4. The Balaban J connectivity index is 3.81. The standard InChI is InChI=1S/C8H15F3N2O4S/c1-2-17-7(14)4-3-5-12-18(15,16)13-6-8(9,10)11/h12-13H,2-6H2,1H3. The molecule has 0 radical (unpaired) electrons. The van der Waals surface area contributed by atoms with Crippen LogP contribution in [0.3, 0.4) is 0 Å². The van der Waals surface area contributed by atoms with Gasteiger partial charge in [-0.25, -0.2) is 4.72 Å². The zero-order chi connectivity index (χ0) is 14.2. The van der Waals surface area contributed by atoms with Gasteiger partial charge in [-0.05, 0) is 13.3 Å². The highest BCUT2D eigenvalue weighted by atomic mass is 32.2. The number of rotatable bonds is 8. The molecule has 0 spiro atoms. The molecule has 0 amide bonds. The van der Waals surface area contributed by atoms with Gasteiger partial charge in [0.2, 0.25) is 0 Å². The predicted octanol–water partition coefficient (Wildman–Crippen LogP) is 0.316. The molecule has 108 valence electrons. The van der Waals surface area contributed by atoms with Crippen LogP contribution in [0.5, 0.6) is 0 Å². The minimum absolute atomic E-state index is 0.00433. The number of alkyl halides is 3. The second-order valence-corrected chi connectivity index (χ2v) is 4.83. The van der Waals surface area contributed by atoms with Gasteiger partial charge in [0.25, 0.3) is 10.2 Å². The van der Waals surface area contributed by atoms with Crippen LogP contribution >= 0.6 is 0 Å². The largest absolute Gasteiger partial charge is 0.466 e. The van der Waals surface area contributed by atoms with Gasteiger partial charge in [-0.15, -0.1) is 0 Å². The minimum atomic E-state index is -4.61. The van der Waals surface area contributed by atoms with Crippen LogP contribution in [0.2, 0.25) is 0 Å².